The predicted molar refractivity (Wildman–Crippen MR) is 113 cm³/mol. The molecular formula is C23H37NO3S. The van der Waals surface area contributed by atoms with E-state index in [2.05, 4.69) is 40.0 Å². The minimum Gasteiger partial charge on any atom is -0.353 e. The summed E-state index contributed by atoms with van der Waals surface area (Å²) in [6, 6.07) is 0. The molecule has 3 aliphatic carbocycles. The molecule has 0 spiro atoms. The van der Waals surface area contributed by atoms with Crippen molar-refractivity contribution in [2.24, 2.45) is 34.0 Å². The van der Waals surface area contributed by atoms with Gasteiger partial charge in [0.25, 0.3) is 10.1 Å². The molecule has 0 bridgehead atoms. The van der Waals surface area contributed by atoms with Crippen LogP contribution in [0.1, 0.15) is 72.6 Å². The third-order valence-electron chi connectivity index (χ3n) is 9.08. The van der Waals surface area contributed by atoms with Crippen LogP contribution >= 0.6 is 0 Å². The van der Waals surface area contributed by atoms with E-state index in [0.29, 0.717) is 28.7 Å². The molecule has 0 radical (unpaired) electrons. The van der Waals surface area contributed by atoms with Crippen LogP contribution in [0.3, 0.4) is 0 Å². The second-order valence-corrected chi connectivity index (χ2v) is 12.7. The van der Waals surface area contributed by atoms with Crippen molar-refractivity contribution in [3.63, 3.8) is 0 Å². The fourth-order valence-corrected chi connectivity index (χ4v) is 8.35. The van der Waals surface area contributed by atoms with E-state index in [4.69, 9.17) is 4.55 Å². The van der Waals surface area contributed by atoms with E-state index in [1.54, 1.807) is 0 Å². The molecular weight excluding hydrogens is 370 g/mol. The first-order chi connectivity index (χ1) is 13.0. The average Bonchev–Trinajstić information content (AvgIpc) is 2.58. The lowest BCUT2D eigenvalue weighted by molar-refractivity contribution is -0.147. The Morgan fingerprint density at radius 3 is 2.54 bits per heavy atom. The van der Waals surface area contributed by atoms with Crippen LogP contribution in [0.4, 0.5) is 0 Å². The third-order valence-corrected chi connectivity index (χ3v) is 9.78. The number of hydrogen-bond acceptors (Lipinski definition) is 3. The van der Waals surface area contributed by atoms with Crippen molar-refractivity contribution < 1.29 is 13.0 Å². The van der Waals surface area contributed by atoms with E-state index in [1.807, 2.05) is 11.1 Å². The monoisotopic (exact) mass is 407 g/mol. The predicted octanol–water partition coefficient (Wildman–Crippen LogP) is 5.25. The molecule has 4 rings (SSSR count). The summed E-state index contributed by atoms with van der Waals surface area (Å²) < 4.78 is 31.3. The Balaban J connectivity index is 1.58. The van der Waals surface area contributed by atoms with Crippen molar-refractivity contribution in [2.45, 2.75) is 72.6 Å². The SMILES string of the molecule is CC1(C)CCCC2(C)C1CCC1(C)C3C=CN(CCS(=O)(=O)O)C=C3CCC12. The fraction of sp³-hybridized carbons (Fsp3) is 0.826. The van der Waals surface area contributed by atoms with Crippen molar-refractivity contribution in [3.05, 3.63) is 24.0 Å². The second-order valence-electron chi connectivity index (χ2n) is 11.1. The third kappa shape index (κ3) is 3.27. The fourth-order valence-electron chi connectivity index (χ4n) is 7.91. The van der Waals surface area contributed by atoms with Crippen LogP contribution < -0.4 is 0 Å². The lowest BCUT2D eigenvalue weighted by atomic mass is 9.39. The first-order valence-electron chi connectivity index (χ1n) is 11.1. The number of nitrogens with zero attached hydrogens (tertiary/aromatic N) is 1. The van der Waals surface area contributed by atoms with E-state index in [1.165, 1.54) is 44.1 Å². The number of rotatable bonds is 3. The number of allylic oxidation sites excluding steroid dienone is 2. The molecule has 3 fully saturated rings. The molecule has 0 aromatic rings. The van der Waals surface area contributed by atoms with Crippen molar-refractivity contribution in [1.29, 1.82) is 0 Å². The van der Waals surface area contributed by atoms with Gasteiger partial charge in [-0.1, -0.05) is 40.2 Å². The van der Waals surface area contributed by atoms with Gasteiger partial charge in [0.15, 0.2) is 0 Å². The first-order valence-corrected chi connectivity index (χ1v) is 12.7. The van der Waals surface area contributed by atoms with E-state index >= 15 is 0 Å². The molecule has 4 nitrogen and oxygen atoms in total. The van der Waals surface area contributed by atoms with E-state index in [9.17, 15) is 8.42 Å². The lowest BCUT2D eigenvalue weighted by Gasteiger charge is -2.66. The van der Waals surface area contributed by atoms with Gasteiger partial charge in [0.2, 0.25) is 0 Å². The summed E-state index contributed by atoms with van der Waals surface area (Å²) in [6.07, 6.45) is 15.6. The van der Waals surface area contributed by atoms with Crippen LogP contribution in [0.25, 0.3) is 0 Å². The van der Waals surface area contributed by atoms with Gasteiger partial charge in [0.05, 0.1) is 5.75 Å². The van der Waals surface area contributed by atoms with Crippen molar-refractivity contribution in [1.82, 2.24) is 4.90 Å². The molecule has 158 valence electrons. The van der Waals surface area contributed by atoms with Gasteiger partial charge >= 0.3 is 0 Å². The minimum absolute atomic E-state index is 0.222. The molecule has 3 saturated carbocycles. The van der Waals surface area contributed by atoms with Gasteiger partial charge in [-0.2, -0.15) is 8.42 Å². The Hall–Kier alpha value is -0.810. The van der Waals surface area contributed by atoms with Crippen molar-refractivity contribution >= 4 is 10.1 Å². The molecule has 5 atom stereocenters. The summed E-state index contributed by atoms with van der Waals surface area (Å²) in [5.74, 6) is 1.84. The summed E-state index contributed by atoms with van der Waals surface area (Å²) in [5, 5.41) is 0. The summed E-state index contributed by atoms with van der Waals surface area (Å²) >= 11 is 0. The van der Waals surface area contributed by atoms with Crippen molar-refractivity contribution in [2.75, 3.05) is 12.3 Å². The highest BCUT2D eigenvalue weighted by Crippen LogP contribution is 2.69. The Kier molecular flexibility index (Phi) is 4.82. The van der Waals surface area contributed by atoms with Gasteiger partial charge in [0.1, 0.15) is 0 Å². The van der Waals surface area contributed by atoms with Gasteiger partial charge in [-0.15, -0.1) is 0 Å². The minimum atomic E-state index is -3.92. The Morgan fingerprint density at radius 1 is 1.07 bits per heavy atom. The van der Waals surface area contributed by atoms with Crippen LogP contribution in [-0.4, -0.2) is 30.2 Å². The lowest BCUT2D eigenvalue weighted by Crippen LogP contribution is -2.58. The van der Waals surface area contributed by atoms with E-state index in [0.717, 1.165) is 18.3 Å². The molecule has 5 unspecified atom stereocenters. The van der Waals surface area contributed by atoms with Gasteiger partial charge in [0, 0.05) is 24.9 Å². The van der Waals surface area contributed by atoms with Crippen molar-refractivity contribution in [3.8, 4) is 0 Å². The Labute approximate surface area is 171 Å². The summed E-state index contributed by atoms with van der Waals surface area (Å²) in [6.45, 7) is 10.4. The smallest absolute Gasteiger partial charge is 0.266 e. The molecule has 1 heterocycles. The normalized spacial score (nSPS) is 42.2. The molecule has 5 heteroatoms. The van der Waals surface area contributed by atoms with E-state index in [-0.39, 0.29) is 5.75 Å². The van der Waals surface area contributed by atoms with Gasteiger partial charge in [-0.25, -0.2) is 0 Å². The molecule has 1 N–H and O–H groups in total. The average molecular weight is 408 g/mol. The standard InChI is InChI=1S/C23H37NO3S/c1-21(2)10-5-11-23(4)19(21)8-12-22(3)18-9-13-24(14-15-28(25,26)27)16-17(18)6-7-20(22)23/h9,13,16,18-20H,5-8,10-12,14-15H2,1-4H3,(H,25,26,27). The largest absolute Gasteiger partial charge is 0.353 e. The Morgan fingerprint density at radius 2 is 1.82 bits per heavy atom. The maximum atomic E-state index is 11.1. The molecule has 28 heavy (non-hydrogen) atoms. The van der Waals surface area contributed by atoms with E-state index < -0.39 is 10.1 Å². The highest BCUT2D eigenvalue weighted by molar-refractivity contribution is 7.85. The van der Waals surface area contributed by atoms with Gasteiger partial charge < -0.3 is 4.90 Å². The summed E-state index contributed by atoms with van der Waals surface area (Å²) in [5.41, 5.74) is 2.65. The maximum absolute atomic E-state index is 11.1. The zero-order valence-electron chi connectivity index (χ0n) is 17.9. The molecule has 0 aromatic carbocycles. The molecule has 1 aliphatic heterocycles. The topological polar surface area (TPSA) is 57.6 Å². The van der Waals surface area contributed by atoms with Crippen LogP contribution in [0.2, 0.25) is 0 Å². The zero-order chi connectivity index (χ0) is 20.4. The van der Waals surface area contributed by atoms with Crippen LogP contribution in [0.15, 0.2) is 24.0 Å². The molecule has 0 saturated heterocycles. The van der Waals surface area contributed by atoms with Gasteiger partial charge in [-0.3, -0.25) is 4.55 Å². The highest BCUT2D eigenvalue weighted by Gasteiger charge is 2.61. The first kappa shape index (κ1) is 20.5. The molecule has 4 aliphatic rings. The highest BCUT2D eigenvalue weighted by atomic mass is 32.2. The number of hydrogen-bond donors (Lipinski definition) is 1. The quantitative estimate of drug-likeness (QED) is 0.650. The Bertz CT molecular complexity index is 799. The second kappa shape index (κ2) is 6.60. The zero-order valence-corrected chi connectivity index (χ0v) is 18.8. The van der Waals surface area contributed by atoms with Crippen LogP contribution in [-0.2, 0) is 10.1 Å². The van der Waals surface area contributed by atoms with Crippen LogP contribution in [0, 0.1) is 34.0 Å². The number of fused-ring (bicyclic) bond motifs is 5. The summed E-state index contributed by atoms with van der Waals surface area (Å²) in [7, 11) is -3.92. The van der Waals surface area contributed by atoms with Crippen LogP contribution in [0.5, 0.6) is 0 Å². The summed E-state index contributed by atoms with van der Waals surface area (Å²) in [4.78, 5) is 1.94. The maximum Gasteiger partial charge on any atom is 0.266 e. The van der Waals surface area contributed by atoms with Gasteiger partial charge in [-0.05, 0) is 72.2 Å². The molecule has 0 aromatic heterocycles. The molecule has 0 amide bonds.